The molecule has 0 radical (unpaired) electrons. The minimum Gasteiger partial charge on any atom is -0.354 e. The fraction of sp³-hybridized carbons (Fsp3) is 0.455. The Morgan fingerprint density at radius 2 is 2.53 bits per heavy atom. The number of rotatable bonds is 3. The van der Waals surface area contributed by atoms with Gasteiger partial charge >= 0.3 is 0 Å². The number of nitrogens with zero attached hydrogens (tertiary/aromatic N) is 3. The molecule has 0 aliphatic carbocycles. The Morgan fingerprint density at radius 3 is 3.24 bits per heavy atom. The zero-order chi connectivity index (χ0) is 11.8. The van der Waals surface area contributed by atoms with Crippen LogP contribution < -0.4 is 4.90 Å². The first-order valence-corrected chi connectivity index (χ1v) is 7.56. The van der Waals surface area contributed by atoms with Crippen molar-refractivity contribution < 1.29 is 4.79 Å². The number of aromatic nitrogens is 2. The third kappa shape index (κ3) is 1.75. The molecule has 6 heteroatoms. The van der Waals surface area contributed by atoms with Crippen molar-refractivity contribution in [2.24, 2.45) is 0 Å². The van der Waals surface area contributed by atoms with E-state index in [1.54, 1.807) is 11.3 Å². The smallest absolute Gasteiger partial charge is 0.196 e. The number of fused-ring (bicyclic) bond motifs is 1. The summed E-state index contributed by atoms with van der Waals surface area (Å²) >= 11 is 3.52. The lowest BCUT2D eigenvalue weighted by atomic mass is 10.2. The standard InChI is InChI=1S/C11H13N3OS2/c1-13(8-2-4-16-7-8)10-9(6-15)14-3-5-17-11(14)12-10/h3,5-6,8H,2,4,7H2,1H3. The molecule has 90 valence electrons. The summed E-state index contributed by atoms with van der Waals surface area (Å²) in [7, 11) is 2.04. The van der Waals surface area contributed by atoms with Crippen molar-refractivity contribution >= 4 is 40.2 Å². The molecule has 3 rings (SSSR count). The monoisotopic (exact) mass is 267 g/mol. The molecule has 1 saturated heterocycles. The Labute approximate surface area is 108 Å². The molecule has 0 bridgehead atoms. The van der Waals surface area contributed by atoms with Crippen LogP contribution in [0.25, 0.3) is 4.96 Å². The Balaban J connectivity index is 2.03. The van der Waals surface area contributed by atoms with Crippen LogP contribution in [0.4, 0.5) is 5.82 Å². The summed E-state index contributed by atoms with van der Waals surface area (Å²) in [5.74, 6) is 3.15. The first kappa shape index (κ1) is 11.1. The second kappa shape index (κ2) is 4.34. The maximum Gasteiger partial charge on any atom is 0.196 e. The van der Waals surface area contributed by atoms with E-state index in [-0.39, 0.29) is 0 Å². The maximum absolute atomic E-state index is 11.2. The number of hydrogen-bond donors (Lipinski definition) is 0. The highest BCUT2D eigenvalue weighted by Gasteiger charge is 2.25. The Morgan fingerprint density at radius 1 is 1.65 bits per heavy atom. The Hall–Kier alpha value is -1.01. The van der Waals surface area contributed by atoms with Crippen LogP contribution in [-0.2, 0) is 0 Å². The molecule has 1 unspecified atom stereocenters. The number of thioether (sulfide) groups is 1. The van der Waals surface area contributed by atoms with Gasteiger partial charge in [0.15, 0.2) is 17.1 Å². The van der Waals surface area contributed by atoms with E-state index in [0.29, 0.717) is 11.7 Å². The van der Waals surface area contributed by atoms with Crippen LogP contribution in [0.5, 0.6) is 0 Å². The van der Waals surface area contributed by atoms with Gasteiger partial charge in [0.1, 0.15) is 5.69 Å². The molecule has 17 heavy (non-hydrogen) atoms. The van der Waals surface area contributed by atoms with Crippen LogP contribution in [0.1, 0.15) is 16.9 Å². The summed E-state index contributed by atoms with van der Waals surface area (Å²) in [4.78, 5) is 18.8. The van der Waals surface area contributed by atoms with Gasteiger partial charge in [-0.15, -0.1) is 11.3 Å². The van der Waals surface area contributed by atoms with Crippen molar-refractivity contribution in [3.63, 3.8) is 0 Å². The second-order valence-corrected chi connectivity index (χ2v) is 6.15. The number of aldehydes is 1. The number of imidazole rings is 1. The van der Waals surface area contributed by atoms with Gasteiger partial charge in [-0.2, -0.15) is 11.8 Å². The van der Waals surface area contributed by atoms with Gasteiger partial charge in [0.25, 0.3) is 0 Å². The van der Waals surface area contributed by atoms with Crippen molar-refractivity contribution in [3.8, 4) is 0 Å². The van der Waals surface area contributed by atoms with E-state index in [1.165, 1.54) is 12.2 Å². The van der Waals surface area contributed by atoms with Crippen molar-refractivity contribution in [2.45, 2.75) is 12.5 Å². The lowest BCUT2D eigenvalue weighted by Gasteiger charge is -2.23. The number of carbonyl (C=O) groups excluding carboxylic acids is 1. The van der Waals surface area contributed by atoms with Gasteiger partial charge in [-0.1, -0.05) is 0 Å². The van der Waals surface area contributed by atoms with Crippen LogP contribution in [0.2, 0.25) is 0 Å². The van der Waals surface area contributed by atoms with Crippen LogP contribution in [0.15, 0.2) is 11.6 Å². The highest BCUT2D eigenvalue weighted by molar-refractivity contribution is 7.99. The highest BCUT2D eigenvalue weighted by atomic mass is 32.2. The Bertz CT molecular complexity index is 542. The SMILES string of the molecule is CN(c1nc2sccn2c1C=O)C1CCSC1. The van der Waals surface area contributed by atoms with Crippen molar-refractivity contribution in [1.29, 1.82) is 0 Å². The largest absolute Gasteiger partial charge is 0.354 e. The highest BCUT2D eigenvalue weighted by Crippen LogP contribution is 2.28. The molecule has 2 aromatic rings. The van der Waals surface area contributed by atoms with E-state index in [2.05, 4.69) is 9.88 Å². The molecule has 1 fully saturated rings. The molecule has 3 heterocycles. The minimum absolute atomic E-state index is 0.503. The number of anilines is 1. The van der Waals surface area contributed by atoms with Gasteiger partial charge < -0.3 is 4.90 Å². The van der Waals surface area contributed by atoms with E-state index >= 15 is 0 Å². The average molecular weight is 267 g/mol. The van der Waals surface area contributed by atoms with Gasteiger partial charge in [0, 0.05) is 30.4 Å². The van der Waals surface area contributed by atoms with Crippen LogP contribution in [0.3, 0.4) is 0 Å². The zero-order valence-corrected chi connectivity index (χ0v) is 11.1. The summed E-state index contributed by atoms with van der Waals surface area (Å²) < 4.78 is 1.87. The van der Waals surface area contributed by atoms with Gasteiger partial charge in [-0.25, -0.2) is 4.98 Å². The van der Waals surface area contributed by atoms with E-state index in [9.17, 15) is 4.79 Å². The predicted octanol–water partition coefficient (Wildman–Crippen LogP) is 2.15. The fourth-order valence-electron chi connectivity index (χ4n) is 2.16. The third-order valence-corrected chi connectivity index (χ3v) is 5.08. The van der Waals surface area contributed by atoms with Crippen LogP contribution >= 0.6 is 23.1 Å². The quantitative estimate of drug-likeness (QED) is 0.799. The summed E-state index contributed by atoms with van der Waals surface area (Å²) in [5, 5.41) is 1.95. The third-order valence-electron chi connectivity index (χ3n) is 3.18. The van der Waals surface area contributed by atoms with Crippen molar-refractivity contribution in [2.75, 3.05) is 23.5 Å². The summed E-state index contributed by atoms with van der Waals surface area (Å²) in [5.41, 5.74) is 0.667. The van der Waals surface area contributed by atoms with Gasteiger partial charge in [0.2, 0.25) is 0 Å². The predicted molar refractivity (Wildman–Crippen MR) is 72.6 cm³/mol. The van der Waals surface area contributed by atoms with E-state index < -0.39 is 0 Å². The first-order chi connectivity index (χ1) is 8.31. The number of carbonyl (C=O) groups is 1. The van der Waals surface area contributed by atoms with E-state index in [0.717, 1.165) is 22.8 Å². The lowest BCUT2D eigenvalue weighted by Crippen LogP contribution is -2.32. The van der Waals surface area contributed by atoms with Crippen LogP contribution in [-0.4, -0.2) is 40.3 Å². The van der Waals surface area contributed by atoms with Crippen molar-refractivity contribution in [1.82, 2.24) is 9.38 Å². The second-order valence-electron chi connectivity index (χ2n) is 4.12. The molecule has 2 aromatic heterocycles. The molecular formula is C11H13N3OS2. The first-order valence-electron chi connectivity index (χ1n) is 5.52. The summed E-state index contributed by atoms with van der Waals surface area (Å²) in [6.07, 6.45) is 3.97. The average Bonchev–Trinajstić information content (AvgIpc) is 3.03. The molecule has 1 aliphatic heterocycles. The molecule has 0 spiro atoms. The van der Waals surface area contributed by atoms with Gasteiger partial charge in [0.05, 0.1) is 0 Å². The number of thiazole rings is 1. The summed E-state index contributed by atoms with van der Waals surface area (Å²) in [6.45, 7) is 0. The van der Waals surface area contributed by atoms with Crippen LogP contribution in [0, 0.1) is 0 Å². The zero-order valence-electron chi connectivity index (χ0n) is 9.50. The molecule has 0 saturated carbocycles. The molecule has 0 amide bonds. The molecule has 1 atom stereocenters. The van der Waals surface area contributed by atoms with Crippen molar-refractivity contribution in [3.05, 3.63) is 17.3 Å². The summed E-state index contributed by atoms with van der Waals surface area (Å²) in [6, 6.07) is 0.503. The minimum atomic E-state index is 0.503. The molecular weight excluding hydrogens is 254 g/mol. The lowest BCUT2D eigenvalue weighted by molar-refractivity contribution is 0.111. The normalized spacial score (nSPS) is 19.9. The van der Waals surface area contributed by atoms with E-state index in [4.69, 9.17) is 0 Å². The maximum atomic E-state index is 11.2. The Kier molecular flexibility index (Phi) is 2.84. The van der Waals surface area contributed by atoms with Gasteiger partial charge in [-0.05, 0) is 12.2 Å². The van der Waals surface area contributed by atoms with Gasteiger partial charge in [-0.3, -0.25) is 9.20 Å². The number of hydrogen-bond acceptors (Lipinski definition) is 5. The molecule has 1 aliphatic rings. The topological polar surface area (TPSA) is 37.6 Å². The fourth-order valence-corrected chi connectivity index (χ4v) is 4.15. The molecule has 0 N–H and O–H groups in total. The molecule has 4 nitrogen and oxygen atoms in total. The van der Waals surface area contributed by atoms with E-state index in [1.807, 2.05) is 34.8 Å². The molecule has 0 aromatic carbocycles.